The first-order chi connectivity index (χ1) is 15.4. The van der Waals surface area contributed by atoms with E-state index in [2.05, 4.69) is 5.32 Å². The Hall–Kier alpha value is -3.36. The SMILES string of the molecule is CN(C)C(=O)c1cc(C2CN(CC(=O)Nc3ccc(F)cc3)CCO2)nc2ccccc12. The molecule has 32 heavy (non-hydrogen) atoms. The van der Waals surface area contributed by atoms with Crippen LogP contribution in [0.1, 0.15) is 22.2 Å². The number of ether oxygens (including phenoxy) is 1. The molecule has 1 fully saturated rings. The number of hydrogen-bond acceptors (Lipinski definition) is 5. The minimum Gasteiger partial charge on any atom is -0.369 e. The Labute approximate surface area is 185 Å². The first kappa shape index (κ1) is 21.9. The van der Waals surface area contributed by atoms with Gasteiger partial charge in [0.25, 0.3) is 5.91 Å². The number of nitrogens with zero attached hydrogens (tertiary/aromatic N) is 3. The van der Waals surface area contributed by atoms with Gasteiger partial charge in [0.1, 0.15) is 11.9 Å². The number of anilines is 1. The van der Waals surface area contributed by atoms with E-state index in [1.54, 1.807) is 25.1 Å². The van der Waals surface area contributed by atoms with Crippen LogP contribution in [-0.4, -0.2) is 66.9 Å². The molecule has 0 saturated carbocycles. The number of halogens is 1. The maximum absolute atomic E-state index is 13.1. The Kier molecular flexibility index (Phi) is 6.43. The fraction of sp³-hybridized carbons (Fsp3) is 0.292. The van der Waals surface area contributed by atoms with Gasteiger partial charge in [-0.1, -0.05) is 18.2 Å². The van der Waals surface area contributed by atoms with E-state index in [1.807, 2.05) is 29.2 Å². The fourth-order valence-electron chi connectivity index (χ4n) is 3.74. The molecule has 8 heteroatoms. The molecule has 1 aromatic heterocycles. The molecule has 1 aliphatic heterocycles. The first-order valence-corrected chi connectivity index (χ1v) is 10.4. The molecule has 7 nitrogen and oxygen atoms in total. The van der Waals surface area contributed by atoms with Crippen LogP contribution in [0.3, 0.4) is 0 Å². The number of benzene rings is 2. The van der Waals surface area contributed by atoms with Crippen molar-refractivity contribution in [1.29, 1.82) is 0 Å². The summed E-state index contributed by atoms with van der Waals surface area (Å²) in [5.74, 6) is -0.641. The Morgan fingerprint density at radius 3 is 2.69 bits per heavy atom. The van der Waals surface area contributed by atoms with E-state index in [9.17, 15) is 14.0 Å². The van der Waals surface area contributed by atoms with Crippen LogP contribution in [0.15, 0.2) is 54.6 Å². The summed E-state index contributed by atoms with van der Waals surface area (Å²) in [7, 11) is 3.44. The lowest BCUT2D eigenvalue weighted by Crippen LogP contribution is -2.42. The molecule has 0 spiro atoms. The molecule has 166 valence electrons. The van der Waals surface area contributed by atoms with Crippen LogP contribution in [0.4, 0.5) is 10.1 Å². The van der Waals surface area contributed by atoms with Gasteiger partial charge in [-0.05, 0) is 36.4 Å². The molecule has 1 saturated heterocycles. The summed E-state index contributed by atoms with van der Waals surface area (Å²) in [4.78, 5) is 33.5. The van der Waals surface area contributed by atoms with Crippen LogP contribution in [-0.2, 0) is 9.53 Å². The molecule has 1 N–H and O–H groups in total. The number of rotatable bonds is 5. The molecular weight excluding hydrogens is 411 g/mol. The minimum atomic E-state index is -0.360. The van der Waals surface area contributed by atoms with E-state index in [1.165, 1.54) is 24.3 Å². The number of pyridine rings is 1. The van der Waals surface area contributed by atoms with Crippen molar-refractivity contribution in [2.75, 3.05) is 45.7 Å². The number of amides is 2. The van der Waals surface area contributed by atoms with E-state index in [0.29, 0.717) is 36.6 Å². The number of para-hydroxylation sites is 1. The second kappa shape index (κ2) is 9.42. The number of carbonyl (C=O) groups is 2. The second-order valence-corrected chi connectivity index (χ2v) is 7.96. The molecule has 0 bridgehead atoms. The molecule has 2 amide bonds. The zero-order valence-electron chi connectivity index (χ0n) is 18.0. The van der Waals surface area contributed by atoms with Gasteiger partial charge < -0.3 is 15.0 Å². The van der Waals surface area contributed by atoms with Crippen LogP contribution in [0, 0.1) is 5.82 Å². The molecule has 1 atom stereocenters. The topological polar surface area (TPSA) is 74.8 Å². The van der Waals surface area contributed by atoms with Gasteiger partial charge in [-0.2, -0.15) is 0 Å². The third-order valence-electron chi connectivity index (χ3n) is 5.35. The Morgan fingerprint density at radius 2 is 1.94 bits per heavy atom. The fourth-order valence-corrected chi connectivity index (χ4v) is 3.74. The number of fused-ring (bicyclic) bond motifs is 1. The molecule has 2 heterocycles. The lowest BCUT2D eigenvalue weighted by Gasteiger charge is -2.32. The van der Waals surface area contributed by atoms with Crippen molar-refractivity contribution >= 4 is 28.4 Å². The van der Waals surface area contributed by atoms with Crippen molar-refractivity contribution in [2.45, 2.75) is 6.10 Å². The van der Waals surface area contributed by atoms with Crippen LogP contribution in [0.2, 0.25) is 0 Å². The molecule has 3 aromatic rings. The van der Waals surface area contributed by atoms with Gasteiger partial charge in [-0.15, -0.1) is 0 Å². The summed E-state index contributed by atoms with van der Waals surface area (Å²) in [5.41, 5.74) is 2.51. The zero-order valence-corrected chi connectivity index (χ0v) is 18.0. The maximum Gasteiger partial charge on any atom is 0.254 e. The standard InChI is InChI=1S/C24H25FN4O3/c1-28(2)24(31)19-13-21(27-20-6-4-3-5-18(19)20)22-14-29(11-12-32-22)15-23(30)26-17-9-7-16(25)8-10-17/h3-10,13,22H,11-12,14-15H2,1-2H3,(H,26,30). The van der Waals surface area contributed by atoms with Gasteiger partial charge in [0.2, 0.25) is 5.91 Å². The highest BCUT2D eigenvalue weighted by Gasteiger charge is 2.26. The predicted molar refractivity (Wildman–Crippen MR) is 120 cm³/mol. The second-order valence-electron chi connectivity index (χ2n) is 7.96. The van der Waals surface area contributed by atoms with E-state index >= 15 is 0 Å². The highest BCUT2D eigenvalue weighted by Crippen LogP contribution is 2.26. The first-order valence-electron chi connectivity index (χ1n) is 10.4. The quantitative estimate of drug-likeness (QED) is 0.665. The van der Waals surface area contributed by atoms with Crippen molar-refractivity contribution in [3.05, 3.63) is 71.7 Å². The van der Waals surface area contributed by atoms with Crippen molar-refractivity contribution < 1.29 is 18.7 Å². The van der Waals surface area contributed by atoms with Gasteiger partial charge in [0, 0.05) is 38.3 Å². The van der Waals surface area contributed by atoms with Gasteiger partial charge in [-0.3, -0.25) is 14.5 Å². The summed E-state index contributed by atoms with van der Waals surface area (Å²) in [6.07, 6.45) is -0.360. The van der Waals surface area contributed by atoms with E-state index < -0.39 is 0 Å². The van der Waals surface area contributed by atoms with Crippen LogP contribution in [0.5, 0.6) is 0 Å². The van der Waals surface area contributed by atoms with Crippen molar-refractivity contribution in [2.24, 2.45) is 0 Å². The van der Waals surface area contributed by atoms with Crippen molar-refractivity contribution in [3.63, 3.8) is 0 Å². The molecule has 0 aliphatic carbocycles. The lowest BCUT2D eigenvalue weighted by molar-refractivity contribution is -0.119. The highest BCUT2D eigenvalue weighted by molar-refractivity contribution is 6.06. The molecule has 4 rings (SSSR count). The maximum atomic E-state index is 13.1. The van der Waals surface area contributed by atoms with E-state index in [0.717, 1.165) is 10.9 Å². The summed E-state index contributed by atoms with van der Waals surface area (Å²) < 4.78 is 19.0. The normalized spacial score (nSPS) is 16.7. The number of nitrogens with one attached hydrogen (secondary N) is 1. The summed E-state index contributed by atoms with van der Waals surface area (Å²) in [6, 6.07) is 15.0. The lowest BCUT2D eigenvalue weighted by atomic mass is 10.0. The molecule has 2 aromatic carbocycles. The third-order valence-corrected chi connectivity index (χ3v) is 5.35. The Bertz CT molecular complexity index is 1130. The van der Waals surface area contributed by atoms with Gasteiger partial charge in [0.15, 0.2) is 0 Å². The van der Waals surface area contributed by atoms with Crippen LogP contribution >= 0.6 is 0 Å². The van der Waals surface area contributed by atoms with E-state index in [-0.39, 0.29) is 30.3 Å². The average Bonchev–Trinajstić information content (AvgIpc) is 2.79. The third kappa shape index (κ3) is 4.92. The monoisotopic (exact) mass is 436 g/mol. The van der Waals surface area contributed by atoms with Gasteiger partial charge >= 0.3 is 0 Å². The Morgan fingerprint density at radius 1 is 1.19 bits per heavy atom. The molecule has 1 aliphatic rings. The molecule has 1 unspecified atom stereocenters. The molecular formula is C24H25FN4O3. The average molecular weight is 436 g/mol. The largest absolute Gasteiger partial charge is 0.369 e. The predicted octanol–water partition coefficient (Wildman–Crippen LogP) is 3.09. The highest BCUT2D eigenvalue weighted by atomic mass is 19.1. The van der Waals surface area contributed by atoms with E-state index in [4.69, 9.17) is 9.72 Å². The van der Waals surface area contributed by atoms with Crippen LogP contribution < -0.4 is 5.32 Å². The van der Waals surface area contributed by atoms with Crippen molar-refractivity contribution in [3.8, 4) is 0 Å². The summed E-state index contributed by atoms with van der Waals surface area (Å²) in [5, 5.41) is 3.57. The smallest absolute Gasteiger partial charge is 0.254 e. The zero-order chi connectivity index (χ0) is 22.7. The molecule has 0 radical (unpaired) electrons. The summed E-state index contributed by atoms with van der Waals surface area (Å²) >= 11 is 0. The number of carbonyl (C=O) groups excluding carboxylic acids is 2. The number of hydrogen-bond donors (Lipinski definition) is 1. The Balaban J connectivity index is 1.51. The number of aromatic nitrogens is 1. The number of morpholine rings is 1. The van der Waals surface area contributed by atoms with Crippen molar-refractivity contribution in [1.82, 2.24) is 14.8 Å². The van der Waals surface area contributed by atoms with Gasteiger partial charge in [-0.25, -0.2) is 9.37 Å². The van der Waals surface area contributed by atoms with Crippen LogP contribution in [0.25, 0.3) is 10.9 Å². The van der Waals surface area contributed by atoms with Gasteiger partial charge in [0.05, 0.1) is 29.9 Å². The minimum absolute atomic E-state index is 0.101. The summed E-state index contributed by atoms with van der Waals surface area (Å²) in [6.45, 7) is 1.69.